The van der Waals surface area contributed by atoms with Crippen molar-refractivity contribution >= 4 is 17.9 Å². The summed E-state index contributed by atoms with van der Waals surface area (Å²) in [6, 6.07) is 1.48. The van der Waals surface area contributed by atoms with Gasteiger partial charge >= 0.3 is 12.1 Å². The van der Waals surface area contributed by atoms with Crippen molar-refractivity contribution in [3.8, 4) is 11.8 Å². The number of hydrogen-bond acceptors (Lipinski definition) is 6. The molecule has 1 rings (SSSR count). The Morgan fingerprint density at radius 1 is 1.41 bits per heavy atom. The molecule has 0 aliphatic heterocycles. The van der Waals surface area contributed by atoms with E-state index in [-0.39, 0.29) is 17.9 Å². The van der Waals surface area contributed by atoms with E-state index >= 15 is 0 Å². The van der Waals surface area contributed by atoms with Gasteiger partial charge in [-0.3, -0.25) is 0 Å². The van der Waals surface area contributed by atoms with Crippen LogP contribution in [-0.2, 0) is 9.47 Å². The molecule has 1 heterocycles. The molecule has 0 radical (unpaired) electrons. The van der Waals surface area contributed by atoms with E-state index in [1.54, 1.807) is 20.8 Å². The summed E-state index contributed by atoms with van der Waals surface area (Å²) in [6.45, 7) is 5.42. The van der Waals surface area contributed by atoms with Crippen LogP contribution in [0.1, 0.15) is 36.7 Å². The van der Waals surface area contributed by atoms with Gasteiger partial charge in [0, 0.05) is 11.8 Å². The monoisotopic (exact) mass is 305 g/mol. The SMILES string of the molecule is COC(=O)c1cc(C#CCNC(=O)OC(C)(C)C)cnc1N. The molecule has 0 fully saturated rings. The maximum Gasteiger partial charge on any atom is 0.408 e. The fraction of sp³-hybridized carbons (Fsp3) is 0.400. The molecule has 1 amide bonds. The third-order valence-electron chi connectivity index (χ3n) is 2.28. The first-order valence-electron chi connectivity index (χ1n) is 6.52. The first kappa shape index (κ1) is 17.3. The van der Waals surface area contributed by atoms with Gasteiger partial charge in [-0.05, 0) is 26.8 Å². The molecule has 0 unspecified atom stereocenters. The quantitative estimate of drug-likeness (QED) is 0.631. The molecule has 3 N–H and O–H groups in total. The molecule has 0 aromatic carbocycles. The number of pyridine rings is 1. The molecule has 0 saturated heterocycles. The van der Waals surface area contributed by atoms with E-state index in [0.717, 1.165) is 0 Å². The molecule has 0 aliphatic carbocycles. The van der Waals surface area contributed by atoms with Gasteiger partial charge < -0.3 is 20.5 Å². The van der Waals surface area contributed by atoms with Crippen molar-refractivity contribution in [2.75, 3.05) is 19.4 Å². The highest BCUT2D eigenvalue weighted by molar-refractivity contribution is 5.94. The molecule has 1 aromatic heterocycles. The molecule has 0 aliphatic rings. The lowest BCUT2D eigenvalue weighted by molar-refractivity contribution is 0.0533. The number of nitrogens with one attached hydrogen (secondary N) is 1. The number of nitrogen functional groups attached to an aromatic ring is 1. The number of methoxy groups -OCH3 is 1. The summed E-state index contributed by atoms with van der Waals surface area (Å²) in [5.74, 6) is 4.98. The third-order valence-corrected chi connectivity index (χ3v) is 2.28. The molecule has 1 aromatic rings. The molecule has 0 atom stereocenters. The maximum atomic E-state index is 11.5. The average molecular weight is 305 g/mol. The lowest BCUT2D eigenvalue weighted by Gasteiger charge is -2.18. The lowest BCUT2D eigenvalue weighted by Crippen LogP contribution is -2.32. The Balaban J connectivity index is 2.66. The highest BCUT2D eigenvalue weighted by Crippen LogP contribution is 2.11. The van der Waals surface area contributed by atoms with Crippen LogP contribution in [0.4, 0.5) is 10.6 Å². The zero-order chi connectivity index (χ0) is 16.8. The molecule has 22 heavy (non-hydrogen) atoms. The largest absolute Gasteiger partial charge is 0.465 e. The molecule has 118 valence electrons. The number of alkyl carbamates (subject to hydrolysis) is 1. The molecule has 0 spiro atoms. The zero-order valence-corrected chi connectivity index (χ0v) is 13.0. The number of anilines is 1. The normalized spacial score (nSPS) is 10.2. The minimum atomic E-state index is -0.583. The summed E-state index contributed by atoms with van der Waals surface area (Å²) in [5, 5.41) is 2.50. The summed E-state index contributed by atoms with van der Waals surface area (Å²) in [7, 11) is 1.25. The van der Waals surface area contributed by atoms with E-state index in [1.165, 1.54) is 19.4 Å². The highest BCUT2D eigenvalue weighted by atomic mass is 16.6. The van der Waals surface area contributed by atoms with Gasteiger partial charge in [0.1, 0.15) is 17.0 Å². The minimum absolute atomic E-state index is 0.0734. The van der Waals surface area contributed by atoms with Gasteiger partial charge in [-0.1, -0.05) is 11.8 Å². The number of nitrogens with two attached hydrogens (primary N) is 1. The van der Waals surface area contributed by atoms with Gasteiger partial charge in [-0.25, -0.2) is 14.6 Å². The van der Waals surface area contributed by atoms with E-state index in [9.17, 15) is 9.59 Å². The Bertz CT molecular complexity index is 624. The van der Waals surface area contributed by atoms with Crippen molar-refractivity contribution in [3.63, 3.8) is 0 Å². The van der Waals surface area contributed by atoms with Gasteiger partial charge in [0.05, 0.1) is 13.7 Å². The van der Waals surface area contributed by atoms with Crippen molar-refractivity contribution in [1.29, 1.82) is 0 Å². The Hall–Kier alpha value is -2.75. The number of carbonyl (C=O) groups is 2. The predicted octanol–water partition coefficient (Wildman–Crippen LogP) is 1.33. The number of ether oxygens (including phenoxy) is 2. The zero-order valence-electron chi connectivity index (χ0n) is 13.0. The van der Waals surface area contributed by atoms with Crippen LogP contribution in [0.15, 0.2) is 12.3 Å². The number of nitrogens with zero attached hydrogens (tertiary/aromatic N) is 1. The topological polar surface area (TPSA) is 104 Å². The average Bonchev–Trinajstić information content (AvgIpc) is 2.42. The fourth-order valence-electron chi connectivity index (χ4n) is 1.39. The highest BCUT2D eigenvalue weighted by Gasteiger charge is 2.15. The van der Waals surface area contributed by atoms with Gasteiger partial charge in [0.25, 0.3) is 0 Å². The Morgan fingerprint density at radius 2 is 2.09 bits per heavy atom. The van der Waals surface area contributed by atoms with Crippen LogP contribution >= 0.6 is 0 Å². The molecule has 7 nitrogen and oxygen atoms in total. The van der Waals surface area contributed by atoms with E-state index in [1.807, 2.05) is 0 Å². The first-order valence-corrected chi connectivity index (χ1v) is 6.52. The van der Waals surface area contributed by atoms with Gasteiger partial charge in [0.2, 0.25) is 0 Å². The van der Waals surface area contributed by atoms with Crippen molar-refractivity contribution in [1.82, 2.24) is 10.3 Å². The number of aromatic nitrogens is 1. The lowest BCUT2D eigenvalue weighted by atomic mass is 10.2. The van der Waals surface area contributed by atoms with Gasteiger partial charge in [-0.2, -0.15) is 0 Å². The van der Waals surface area contributed by atoms with Crippen molar-refractivity contribution in [3.05, 3.63) is 23.4 Å². The van der Waals surface area contributed by atoms with Gasteiger partial charge in [0.15, 0.2) is 0 Å². The van der Waals surface area contributed by atoms with Crippen molar-refractivity contribution in [2.24, 2.45) is 0 Å². The second kappa shape index (κ2) is 7.31. The predicted molar refractivity (Wildman–Crippen MR) is 81.1 cm³/mol. The third kappa shape index (κ3) is 5.71. The van der Waals surface area contributed by atoms with Crippen LogP contribution in [0.2, 0.25) is 0 Å². The number of carbonyl (C=O) groups excluding carboxylic acids is 2. The number of esters is 1. The van der Waals surface area contributed by atoms with Crippen LogP contribution in [0.25, 0.3) is 0 Å². The minimum Gasteiger partial charge on any atom is -0.465 e. The smallest absolute Gasteiger partial charge is 0.408 e. The van der Waals surface area contributed by atoms with Crippen molar-refractivity contribution < 1.29 is 19.1 Å². The fourth-order valence-corrected chi connectivity index (χ4v) is 1.39. The van der Waals surface area contributed by atoms with Crippen LogP contribution in [0.5, 0.6) is 0 Å². The Morgan fingerprint density at radius 3 is 2.68 bits per heavy atom. The van der Waals surface area contributed by atoms with E-state index in [2.05, 4.69) is 26.9 Å². The van der Waals surface area contributed by atoms with E-state index < -0.39 is 17.7 Å². The summed E-state index contributed by atoms with van der Waals surface area (Å²) in [5.41, 5.74) is 5.66. The summed E-state index contributed by atoms with van der Waals surface area (Å²) in [4.78, 5) is 26.8. The standard InChI is InChI=1S/C15H19N3O4/c1-15(2,3)22-14(20)17-7-5-6-10-8-11(13(19)21-4)12(16)18-9-10/h8-9H,7H2,1-4H3,(H2,16,18)(H,17,20). The maximum absolute atomic E-state index is 11.5. The second-order valence-electron chi connectivity index (χ2n) is 5.31. The summed E-state index contributed by atoms with van der Waals surface area (Å²) >= 11 is 0. The molecular weight excluding hydrogens is 286 g/mol. The molecule has 7 heteroatoms. The molecule has 0 bridgehead atoms. The number of rotatable bonds is 2. The van der Waals surface area contributed by atoms with E-state index in [4.69, 9.17) is 10.5 Å². The molecular formula is C15H19N3O4. The van der Waals surface area contributed by atoms with Crippen LogP contribution in [-0.4, -0.2) is 36.3 Å². The van der Waals surface area contributed by atoms with E-state index in [0.29, 0.717) is 5.56 Å². The number of amides is 1. The van der Waals surface area contributed by atoms with Crippen LogP contribution < -0.4 is 11.1 Å². The Labute approximate surface area is 129 Å². The first-order chi connectivity index (χ1) is 10.2. The van der Waals surface area contributed by atoms with Crippen molar-refractivity contribution in [2.45, 2.75) is 26.4 Å². The van der Waals surface area contributed by atoms with Crippen LogP contribution in [0.3, 0.4) is 0 Å². The summed E-state index contributed by atoms with van der Waals surface area (Å²) in [6.07, 6.45) is 0.884. The molecule has 0 saturated carbocycles. The van der Waals surface area contributed by atoms with Crippen LogP contribution in [0, 0.1) is 11.8 Å². The number of hydrogen-bond donors (Lipinski definition) is 2. The summed E-state index contributed by atoms with van der Waals surface area (Å²) < 4.78 is 9.66. The Kier molecular flexibility index (Phi) is 5.75. The van der Waals surface area contributed by atoms with Gasteiger partial charge in [-0.15, -0.1) is 0 Å². The second-order valence-corrected chi connectivity index (χ2v) is 5.31.